The second-order valence-electron chi connectivity index (χ2n) is 20.0. The first-order valence-corrected chi connectivity index (χ1v) is 26.2. The second kappa shape index (κ2) is 17.6. The van der Waals surface area contributed by atoms with Gasteiger partial charge in [-0.2, -0.15) is 0 Å². The summed E-state index contributed by atoms with van der Waals surface area (Å²) in [5, 5.41) is 5.04. The summed E-state index contributed by atoms with van der Waals surface area (Å²) in [5.41, 5.74) is 22.1. The molecule has 0 atom stereocenters. The van der Waals surface area contributed by atoms with Crippen LogP contribution in [-0.2, 0) is 5.41 Å². The maximum Gasteiger partial charge on any atom is 0.0713 e. The maximum atomic E-state index is 2.42. The van der Waals surface area contributed by atoms with Gasteiger partial charge in [0.05, 0.1) is 27.5 Å². The molecule has 0 aliphatic heterocycles. The van der Waals surface area contributed by atoms with Crippen molar-refractivity contribution >= 4 is 60.7 Å². The number of fused-ring (bicyclic) bond motifs is 9. The van der Waals surface area contributed by atoms with Crippen molar-refractivity contribution < 1.29 is 0 Å². The minimum Gasteiger partial charge on any atom is -0.310 e. The van der Waals surface area contributed by atoms with Gasteiger partial charge in [-0.3, -0.25) is 0 Å². The van der Waals surface area contributed by atoms with Gasteiger partial charge in [0, 0.05) is 50.0 Å². The summed E-state index contributed by atoms with van der Waals surface area (Å²) in [4.78, 5) is 2.42. The number of aromatic nitrogens is 2. The summed E-state index contributed by atoms with van der Waals surface area (Å²) in [6.07, 6.45) is 0. The third kappa shape index (κ3) is 6.76. The van der Waals surface area contributed by atoms with Crippen molar-refractivity contribution in [3.05, 3.63) is 320 Å². The lowest BCUT2D eigenvalue weighted by Crippen LogP contribution is -2.28. The molecule has 76 heavy (non-hydrogen) atoms. The molecule has 2 aromatic heterocycles. The fourth-order valence-electron chi connectivity index (χ4n) is 12.7. The Bertz CT molecular complexity index is 4160. The third-order valence-electron chi connectivity index (χ3n) is 16.0. The van der Waals surface area contributed by atoms with E-state index in [2.05, 4.69) is 311 Å². The van der Waals surface area contributed by atoms with E-state index in [1.54, 1.807) is 0 Å². The fraction of sp³-hybridized carbons (Fsp3) is 0.0137. The van der Waals surface area contributed by atoms with Crippen molar-refractivity contribution in [3.8, 4) is 44.8 Å². The van der Waals surface area contributed by atoms with E-state index < -0.39 is 5.41 Å². The van der Waals surface area contributed by atoms with Gasteiger partial charge in [-0.1, -0.05) is 212 Å². The van der Waals surface area contributed by atoms with Crippen LogP contribution in [0.3, 0.4) is 0 Å². The number of hydrogen-bond donors (Lipinski definition) is 0. The lowest BCUT2D eigenvalue weighted by Gasteiger charge is -2.34. The van der Waals surface area contributed by atoms with Crippen LogP contribution in [0.4, 0.5) is 17.1 Å². The Labute approximate surface area is 442 Å². The van der Waals surface area contributed by atoms with Crippen molar-refractivity contribution in [1.82, 2.24) is 9.13 Å². The zero-order valence-corrected chi connectivity index (χ0v) is 41.6. The number of hydrogen-bond acceptors (Lipinski definition) is 1. The summed E-state index contributed by atoms with van der Waals surface area (Å²) in [6.45, 7) is 0. The molecule has 0 saturated carbocycles. The van der Waals surface area contributed by atoms with Crippen LogP contribution in [0, 0.1) is 0 Å². The van der Waals surface area contributed by atoms with Crippen LogP contribution in [0.25, 0.3) is 88.4 Å². The zero-order chi connectivity index (χ0) is 50.2. The molecular weight excluding hydrogens is 919 g/mol. The van der Waals surface area contributed by atoms with E-state index in [9.17, 15) is 0 Å². The molecular formula is C73H49N3. The second-order valence-corrected chi connectivity index (χ2v) is 20.0. The predicted molar refractivity (Wildman–Crippen MR) is 318 cm³/mol. The van der Waals surface area contributed by atoms with Gasteiger partial charge in [-0.15, -0.1) is 0 Å². The van der Waals surface area contributed by atoms with E-state index in [1.807, 2.05) is 0 Å². The van der Waals surface area contributed by atoms with Gasteiger partial charge in [0.2, 0.25) is 0 Å². The summed E-state index contributed by atoms with van der Waals surface area (Å²) in [6, 6.07) is 109. The molecule has 3 heteroatoms. The van der Waals surface area contributed by atoms with Crippen molar-refractivity contribution in [2.24, 2.45) is 0 Å². The standard InChI is InChI=1S/C73H49N3/c1-3-21-54(22-4-1)73(55-23-5-2-6-24-55)67-32-12-7-27-61(67)66-49-60(45-46-68(66)73)74(56-41-37-50(38-42-56)52-19-17-25-58(47-52)75-69-33-13-8-28-62(69)63-29-9-14-34-70(63)75)57-43-39-51(40-44-57)53-20-18-26-59(48-53)76-71-35-15-10-30-64(71)65-31-11-16-36-72(65)76/h1-49H. The average Bonchev–Trinajstić information content (AvgIpc) is 4.26. The lowest BCUT2D eigenvalue weighted by molar-refractivity contribution is 0.768. The molecule has 0 amide bonds. The van der Waals surface area contributed by atoms with Gasteiger partial charge in [-0.05, 0) is 141 Å². The molecule has 0 fully saturated rings. The molecule has 15 rings (SSSR count). The van der Waals surface area contributed by atoms with Crippen molar-refractivity contribution in [3.63, 3.8) is 0 Å². The average molecular weight is 968 g/mol. The molecule has 14 aromatic rings. The van der Waals surface area contributed by atoms with E-state index in [1.165, 1.54) is 77.0 Å². The minimum atomic E-state index is -0.484. The molecule has 0 spiro atoms. The van der Waals surface area contributed by atoms with Gasteiger partial charge in [-0.25, -0.2) is 0 Å². The highest BCUT2D eigenvalue weighted by Crippen LogP contribution is 2.57. The molecule has 1 aliphatic carbocycles. The van der Waals surface area contributed by atoms with E-state index in [-0.39, 0.29) is 0 Å². The van der Waals surface area contributed by atoms with E-state index >= 15 is 0 Å². The molecule has 1 aliphatic rings. The first-order valence-electron chi connectivity index (χ1n) is 26.2. The molecule has 3 nitrogen and oxygen atoms in total. The van der Waals surface area contributed by atoms with Crippen LogP contribution in [0.2, 0.25) is 0 Å². The summed E-state index contributed by atoms with van der Waals surface area (Å²) >= 11 is 0. The van der Waals surface area contributed by atoms with Crippen LogP contribution < -0.4 is 4.90 Å². The monoisotopic (exact) mass is 967 g/mol. The van der Waals surface area contributed by atoms with Gasteiger partial charge in [0.15, 0.2) is 0 Å². The first kappa shape index (κ1) is 43.6. The zero-order valence-electron chi connectivity index (χ0n) is 41.6. The largest absolute Gasteiger partial charge is 0.310 e. The topological polar surface area (TPSA) is 13.1 Å². The van der Waals surface area contributed by atoms with Crippen LogP contribution in [0.1, 0.15) is 22.3 Å². The normalized spacial score (nSPS) is 12.6. The Balaban J connectivity index is 0.858. The number of anilines is 3. The number of nitrogens with zero attached hydrogens (tertiary/aromatic N) is 3. The van der Waals surface area contributed by atoms with Gasteiger partial charge < -0.3 is 14.0 Å². The maximum absolute atomic E-state index is 2.42. The predicted octanol–water partition coefficient (Wildman–Crippen LogP) is 19.0. The summed E-state index contributed by atoms with van der Waals surface area (Å²) in [7, 11) is 0. The first-order chi connectivity index (χ1) is 37.7. The minimum absolute atomic E-state index is 0.484. The Morgan fingerprint density at radius 3 is 1.09 bits per heavy atom. The molecule has 356 valence electrons. The number of rotatable bonds is 9. The molecule has 0 N–H and O–H groups in total. The molecule has 0 unspecified atom stereocenters. The highest BCUT2D eigenvalue weighted by molar-refractivity contribution is 6.10. The van der Waals surface area contributed by atoms with Crippen LogP contribution in [0.15, 0.2) is 297 Å². The van der Waals surface area contributed by atoms with Gasteiger partial charge in [0.1, 0.15) is 0 Å². The third-order valence-corrected chi connectivity index (χ3v) is 16.0. The van der Waals surface area contributed by atoms with Crippen LogP contribution in [-0.4, -0.2) is 9.13 Å². The molecule has 2 heterocycles. The van der Waals surface area contributed by atoms with E-state index in [4.69, 9.17) is 0 Å². The van der Waals surface area contributed by atoms with E-state index in [0.29, 0.717) is 0 Å². The quantitative estimate of drug-likeness (QED) is 0.140. The SMILES string of the molecule is c1ccc(C2(c3ccccc3)c3ccccc3-c3cc(N(c4ccc(-c5cccc(-n6c7ccccc7c7ccccc76)c5)cc4)c4ccc(-c5cccc(-n6c7ccccc7c7ccccc76)c5)cc4)ccc32)cc1. The Morgan fingerprint density at radius 1 is 0.250 bits per heavy atom. The lowest BCUT2D eigenvalue weighted by atomic mass is 9.68. The fourth-order valence-corrected chi connectivity index (χ4v) is 12.7. The van der Waals surface area contributed by atoms with Crippen molar-refractivity contribution in [2.45, 2.75) is 5.41 Å². The highest BCUT2D eigenvalue weighted by Gasteiger charge is 2.46. The van der Waals surface area contributed by atoms with E-state index in [0.717, 1.165) is 50.7 Å². The van der Waals surface area contributed by atoms with Gasteiger partial charge >= 0.3 is 0 Å². The van der Waals surface area contributed by atoms with Crippen LogP contribution >= 0.6 is 0 Å². The molecule has 0 bridgehead atoms. The van der Waals surface area contributed by atoms with Gasteiger partial charge in [0.25, 0.3) is 0 Å². The number of para-hydroxylation sites is 4. The Morgan fingerprint density at radius 2 is 0.632 bits per heavy atom. The van der Waals surface area contributed by atoms with Crippen molar-refractivity contribution in [2.75, 3.05) is 4.90 Å². The molecule has 0 radical (unpaired) electrons. The Hall–Kier alpha value is -9.96. The molecule has 0 saturated heterocycles. The smallest absolute Gasteiger partial charge is 0.0713 e. The molecule has 12 aromatic carbocycles. The number of benzene rings is 12. The van der Waals surface area contributed by atoms with Crippen LogP contribution in [0.5, 0.6) is 0 Å². The Kier molecular flexibility index (Phi) is 10.1. The summed E-state index contributed by atoms with van der Waals surface area (Å²) in [5.74, 6) is 0. The highest BCUT2D eigenvalue weighted by atomic mass is 15.1. The van der Waals surface area contributed by atoms with Crippen molar-refractivity contribution in [1.29, 1.82) is 0 Å². The summed E-state index contributed by atoms with van der Waals surface area (Å²) < 4.78 is 4.79.